The van der Waals surface area contributed by atoms with E-state index in [1.54, 1.807) is 20.8 Å². The molecule has 0 aliphatic carbocycles. The van der Waals surface area contributed by atoms with Crippen molar-refractivity contribution in [3.8, 4) is 0 Å². The second kappa shape index (κ2) is 9.56. The number of ketones is 1. The molecule has 8 heteroatoms. The summed E-state index contributed by atoms with van der Waals surface area (Å²) < 4.78 is 18.6. The van der Waals surface area contributed by atoms with Crippen molar-refractivity contribution in [3.63, 3.8) is 0 Å². The van der Waals surface area contributed by atoms with Gasteiger partial charge in [0.1, 0.15) is 17.2 Å². The van der Waals surface area contributed by atoms with E-state index in [2.05, 4.69) is 10.2 Å². The zero-order valence-electron chi connectivity index (χ0n) is 17.8. The Labute approximate surface area is 175 Å². The van der Waals surface area contributed by atoms with Gasteiger partial charge in [-0.25, -0.2) is 14.2 Å². The Kier molecular flexibility index (Phi) is 7.37. The van der Waals surface area contributed by atoms with Crippen LogP contribution in [0, 0.1) is 16.6 Å². The van der Waals surface area contributed by atoms with Crippen molar-refractivity contribution in [3.05, 3.63) is 64.4 Å². The summed E-state index contributed by atoms with van der Waals surface area (Å²) in [6, 6.07) is 6.48. The van der Waals surface area contributed by atoms with E-state index in [0.29, 0.717) is 6.54 Å². The van der Waals surface area contributed by atoms with Crippen molar-refractivity contribution in [2.75, 3.05) is 11.4 Å². The van der Waals surface area contributed by atoms with Crippen LogP contribution < -0.4 is 4.90 Å². The number of hydrogen-bond donors (Lipinski definition) is 0. The Balaban J connectivity index is 2.38. The molecule has 2 rings (SSSR count). The Hall–Kier alpha value is -3.16. The number of rotatable bonds is 7. The zero-order valence-corrected chi connectivity index (χ0v) is 17.8. The average Bonchev–Trinajstić information content (AvgIpc) is 2.66. The maximum absolute atomic E-state index is 13.1. The highest BCUT2D eigenvalue weighted by Gasteiger charge is 2.28. The molecule has 0 aliphatic rings. The first kappa shape index (κ1) is 23.1. The van der Waals surface area contributed by atoms with Crippen molar-refractivity contribution in [2.24, 2.45) is 11.1 Å². The Morgan fingerprint density at radius 1 is 1.17 bits per heavy atom. The minimum atomic E-state index is -1.35. The number of pyridine rings is 1. The molecule has 0 radical (unpaired) electrons. The molecule has 0 bridgehead atoms. The van der Waals surface area contributed by atoms with E-state index in [-0.39, 0.29) is 22.9 Å². The predicted octanol–water partition coefficient (Wildman–Crippen LogP) is 5.31. The summed E-state index contributed by atoms with van der Waals surface area (Å²) in [5, 5.41) is 2.97. The zero-order chi connectivity index (χ0) is 22.5. The standard InChI is InChI=1S/C22H26FN3O4/c1-14(2)13-26(21(28)30-22(3,4)5)18-12-16(10-11-24-18)19(25-29)20(27)15-6-8-17(23)9-7-15/h6-12,14,19H,13H2,1-5H3. The molecular weight excluding hydrogens is 389 g/mol. The molecule has 1 unspecified atom stereocenters. The van der Waals surface area contributed by atoms with Gasteiger partial charge in [-0.2, -0.15) is 0 Å². The summed E-state index contributed by atoms with van der Waals surface area (Å²) in [4.78, 5) is 42.5. The normalized spacial score (nSPS) is 12.4. The lowest BCUT2D eigenvalue weighted by molar-refractivity contribution is 0.0575. The molecular formula is C22H26FN3O4. The number of hydrogen-bond acceptors (Lipinski definition) is 6. The highest BCUT2D eigenvalue weighted by molar-refractivity contribution is 6.01. The molecule has 1 atom stereocenters. The molecule has 0 aliphatic heterocycles. The lowest BCUT2D eigenvalue weighted by Crippen LogP contribution is -2.39. The van der Waals surface area contributed by atoms with Gasteiger partial charge in [-0.15, -0.1) is 4.91 Å². The summed E-state index contributed by atoms with van der Waals surface area (Å²) in [7, 11) is 0. The first-order valence-electron chi connectivity index (χ1n) is 9.60. The van der Waals surface area contributed by atoms with Crippen molar-refractivity contribution < 1.29 is 18.7 Å². The first-order valence-corrected chi connectivity index (χ1v) is 9.60. The quantitative estimate of drug-likeness (QED) is 0.452. The monoisotopic (exact) mass is 415 g/mol. The maximum atomic E-state index is 13.1. The molecule has 0 saturated heterocycles. The Morgan fingerprint density at radius 2 is 1.80 bits per heavy atom. The van der Waals surface area contributed by atoms with Crippen LogP contribution in [0.5, 0.6) is 0 Å². The minimum Gasteiger partial charge on any atom is -0.443 e. The number of nitroso groups, excluding NO2 is 1. The molecule has 160 valence electrons. The molecule has 0 spiro atoms. The second-order valence-electron chi connectivity index (χ2n) is 8.31. The number of amides is 1. The van der Waals surface area contributed by atoms with Gasteiger partial charge < -0.3 is 4.74 Å². The third-order valence-electron chi connectivity index (χ3n) is 4.01. The fraction of sp³-hybridized carbons (Fsp3) is 0.409. The topological polar surface area (TPSA) is 88.9 Å². The Morgan fingerprint density at radius 3 is 2.33 bits per heavy atom. The summed E-state index contributed by atoms with van der Waals surface area (Å²) in [6.45, 7) is 9.49. The van der Waals surface area contributed by atoms with Crippen molar-refractivity contribution in [1.82, 2.24) is 4.98 Å². The van der Waals surface area contributed by atoms with Crippen LogP contribution >= 0.6 is 0 Å². The fourth-order valence-electron chi connectivity index (χ4n) is 2.73. The van der Waals surface area contributed by atoms with Gasteiger partial charge >= 0.3 is 6.09 Å². The highest BCUT2D eigenvalue weighted by Crippen LogP contribution is 2.26. The van der Waals surface area contributed by atoms with Crippen LogP contribution in [-0.4, -0.2) is 29.0 Å². The highest BCUT2D eigenvalue weighted by atomic mass is 19.1. The summed E-state index contributed by atoms with van der Waals surface area (Å²) in [5.41, 5.74) is -0.262. The van der Waals surface area contributed by atoms with Gasteiger partial charge in [0.05, 0.1) is 0 Å². The van der Waals surface area contributed by atoms with Crippen LogP contribution in [-0.2, 0) is 4.74 Å². The number of halogens is 1. The van der Waals surface area contributed by atoms with Gasteiger partial charge in [-0.05, 0) is 68.7 Å². The molecule has 7 nitrogen and oxygen atoms in total. The molecule has 1 aromatic heterocycles. The molecule has 2 aromatic rings. The summed E-state index contributed by atoms with van der Waals surface area (Å²) in [6.07, 6.45) is 0.819. The fourth-order valence-corrected chi connectivity index (χ4v) is 2.73. The van der Waals surface area contributed by atoms with E-state index in [0.717, 1.165) is 12.1 Å². The molecule has 1 aromatic carbocycles. The smallest absolute Gasteiger partial charge is 0.416 e. The minimum absolute atomic E-state index is 0.115. The lowest BCUT2D eigenvalue weighted by Gasteiger charge is -2.28. The number of carbonyl (C=O) groups is 2. The molecule has 0 N–H and O–H groups in total. The molecule has 0 fully saturated rings. The van der Waals surface area contributed by atoms with Gasteiger partial charge in [-0.3, -0.25) is 9.69 Å². The van der Waals surface area contributed by atoms with Crippen molar-refractivity contribution >= 4 is 17.7 Å². The average molecular weight is 415 g/mol. The number of ether oxygens (including phenoxy) is 1. The van der Waals surface area contributed by atoms with E-state index in [4.69, 9.17) is 4.74 Å². The summed E-state index contributed by atoms with van der Waals surface area (Å²) in [5.74, 6) is -0.704. The van der Waals surface area contributed by atoms with Crippen LogP contribution in [0.3, 0.4) is 0 Å². The third kappa shape index (κ3) is 6.17. The van der Waals surface area contributed by atoms with Gasteiger partial charge in [0.2, 0.25) is 0 Å². The number of Topliss-reactive ketones (excluding diaryl/α,β-unsaturated/α-hetero) is 1. The van der Waals surface area contributed by atoms with Crippen molar-refractivity contribution in [1.29, 1.82) is 0 Å². The first-order chi connectivity index (χ1) is 14.0. The van der Waals surface area contributed by atoms with E-state index >= 15 is 0 Å². The number of benzene rings is 1. The molecule has 0 saturated carbocycles. The third-order valence-corrected chi connectivity index (χ3v) is 4.01. The van der Waals surface area contributed by atoms with Crippen LogP contribution in [0.4, 0.5) is 15.0 Å². The van der Waals surface area contributed by atoms with Crippen LogP contribution in [0.25, 0.3) is 0 Å². The van der Waals surface area contributed by atoms with Gasteiger partial charge in [0.25, 0.3) is 0 Å². The van der Waals surface area contributed by atoms with E-state index in [1.807, 2.05) is 13.8 Å². The maximum Gasteiger partial charge on any atom is 0.416 e. The number of aromatic nitrogens is 1. The number of anilines is 1. The van der Waals surface area contributed by atoms with E-state index in [1.165, 1.54) is 35.4 Å². The van der Waals surface area contributed by atoms with E-state index < -0.39 is 29.3 Å². The van der Waals surface area contributed by atoms with Gasteiger partial charge in [-0.1, -0.05) is 19.0 Å². The van der Waals surface area contributed by atoms with Crippen molar-refractivity contribution in [2.45, 2.75) is 46.3 Å². The van der Waals surface area contributed by atoms with E-state index in [9.17, 15) is 18.9 Å². The molecule has 1 amide bonds. The van der Waals surface area contributed by atoms with Gasteiger partial charge in [0.15, 0.2) is 11.8 Å². The molecule has 1 heterocycles. The second-order valence-corrected chi connectivity index (χ2v) is 8.31. The molecule has 30 heavy (non-hydrogen) atoms. The predicted molar refractivity (Wildman–Crippen MR) is 112 cm³/mol. The van der Waals surface area contributed by atoms with Crippen LogP contribution in [0.1, 0.15) is 56.6 Å². The number of nitrogens with zero attached hydrogens (tertiary/aromatic N) is 3. The largest absolute Gasteiger partial charge is 0.443 e. The SMILES string of the molecule is CC(C)CN(C(=O)OC(C)(C)C)c1cc(C(N=O)C(=O)c2ccc(F)cc2)ccn1. The lowest BCUT2D eigenvalue weighted by atomic mass is 9.98. The van der Waals surface area contributed by atoms with Gasteiger partial charge in [0, 0.05) is 18.3 Å². The van der Waals surface area contributed by atoms with Crippen LogP contribution in [0.2, 0.25) is 0 Å². The van der Waals surface area contributed by atoms with Crippen LogP contribution in [0.15, 0.2) is 47.8 Å². The summed E-state index contributed by atoms with van der Waals surface area (Å²) >= 11 is 0. The number of carbonyl (C=O) groups excluding carboxylic acids is 2. The Bertz CT molecular complexity index is 907.